The van der Waals surface area contributed by atoms with Crippen molar-refractivity contribution in [2.24, 2.45) is 0 Å². The highest BCUT2D eigenvalue weighted by Gasteiger charge is 2.19. The van der Waals surface area contributed by atoms with Gasteiger partial charge in [0.2, 0.25) is 0 Å². The second kappa shape index (κ2) is 5.44. The number of carbonyl (C=O) groups is 1. The van der Waals surface area contributed by atoms with Crippen LogP contribution in [-0.2, 0) is 4.74 Å². The van der Waals surface area contributed by atoms with Crippen LogP contribution < -0.4 is 0 Å². The van der Waals surface area contributed by atoms with Crippen LogP contribution in [0.3, 0.4) is 0 Å². The smallest absolute Gasteiger partial charge is 0.319 e. The van der Waals surface area contributed by atoms with Gasteiger partial charge in [-0.25, -0.2) is 4.79 Å². The van der Waals surface area contributed by atoms with Crippen LogP contribution in [0.25, 0.3) is 0 Å². The minimum Gasteiger partial charge on any atom is -0.378 e. The first kappa shape index (κ1) is 10.8. The highest BCUT2D eigenvalue weighted by molar-refractivity contribution is 9.09. The molecular weight excluding hydrogens is 236 g/mol. The summed E-state index contributed by atoms with van der Waals surface area (Å²) in [5.74, 6) is 0. The van der Waals surface area contributed by atoms with E-state index in [0.717, 1.165) is 11.9 Å². The zero-order chi connectivity index (χ0) is 9.68. The normalized spacial score (nSPS) is 17.2. The number of urea groups is 1. The monoisotopic (exact) mass is 250 g/mol. The van der Waals surface area contributed by atoms with E-state index in [9.17, 15) is 4.79 Å². The fourth-order valence-corrected chi connectivity index (χ4v) is 1.75. The molecule has 13 heavy (non-hydrogen) atoms. The van der Waals surface area contributed by atoms with Gasteiger partial charge in [0.1, 0.15) is 0 Å². The predicted molar refractivity (Wildman–Crippen MR) is 54.2 cm³/mol. The summed E-state index contributed by atoms with van der Waals surface area (Å²) in [6.45, 7) is 3.49. The van der Waals surface area contributed by atoms with Crippen molar-refractivity contribution in [3.63, 3.8) is 0 Å². The van der Waals surface area contributed by atoms with E-state index in [-0.39, 0.29) is 6.03 Å². The van der Waals surface area contributed by atoms with Gasteiger partial charge in [-0.1, -0.05) is 15.9 Å². The molecule has 0 atom stereocenters. The number of rotatable bonds is 2. The van der Waals surface area contributed by atoms with Gasteiger partial charge in [-0.2, -0.15) is 0 Å². The van der Waals surface area contributed by atoms with E-state index in [1.165, 1.54) is 0 Å². The van der Waals surface area contributed by atoms with Gasteiger partial charge in [0, 0.05) is 32.0 Å². The van der Waals surface area contributed by atoms with Crippen LogP contribution >= 0.6 is 15.9 Å². The zero-order valence-electron chi connectivity index (χ0n) is 7.83. The Bertz CT molecular complexity index is 172. The first-order valence-corrected chi connectivity index (χ1v) is 5.51. The second-order valence-corrected chi connectivity index (χ2v) is 3.79. The maximum absolute atomic E-state index is 11.7. The minimum atomic E-state index is 0.0998. The summed E-state index contributed by atoms with van der Waals surface area (Å²) in [5, 5.41) is 0.819. The molecule has 2 amide bonds. The summed E-state index contributed by atoms with van der Waals surface area (Å²) < 4.78 is 5.17. The lowest BCUT2D eigenvalue weighted by atomic mass is 10.4. The Kier molecular flexibility index (Phi) is 4.52. The number of ether oxygens (including phenoxy) is 1. The fourth-order valence-electron chi connectivity index (χ4n) is 1.22. The lowest BCUT2D eigenvalue weighted by Gasteiger charge is -2.30. The van der Waals surface area contributed by atoms with Crippen LogP contribution in [0.1, 0.15) is 0 Å². The highest BCUT2D eigenvalue weighted by atomic mass is 79.9. The standard InChI is InChI=1S/C8H15BrN2O2/c1-10(3-2-9)8(12)11-4-6-13-7-5-11/h2-7H2,1H3. The molecule has 0 bridgehead atoms. The maximum atomic E-state index is 11.7. The number of hydrogen-bond acceptors (Lipinski definition) is 2. The summed E-state index contributed by atoms with van der Waals surface area (Å²) in [7, 11) is 1.82. The largest absolute Gasteiger partial charge is 0.378 e. The SMILES string of the molecule is CN(CCBr)C(=O)N1CCOCC1. The second-order valence-electron chi connectivity index (χ2n) is 2.99. The van der Waals surface area contributed by atoms with E-state index in [4.69, 9.17) is 4.74 Å². The van der Waals surface area contributed by atoms with Crippen LogP contribution in [0.2, 0.25) is 0 Å². The van der Waals surface area contributed by atoms with Crippen molar-refractivity contribution in [2.45, 2.75) is 0 Å². The van der Waals surface area contributed by atoms with Gasteiger partial charge in [-0.15, -0.1) is 0 Å². The molecule has 0 spiro atoms. The van der Waals surface area contributed by atoms with E-state index < -0.39 is 0 Å². The number of morpholine rings is 1. The molecule has 76 valence electrons. The summed E-state index contributed by atoms with van der Waals surface area (Å²) >= 11 is 3.31. The molecule has 5 heteroatoms. The number of hydrogen-bond donors (Lipinski definition) is 0. The zero-order valence-corrected chi connectivity index (χ0v) is 9.42. The Morgan fingerprint density at radius 3 is 2.69 bits per heavy atom. The molecule has 1 rings (SSSR count). The van der Waals surface area contributed by atoms with E-state index in [1.54, 1.807) is 4.90 Å². The highest BCUT2D eigenvalue weighted by Crippen LogP contribution is 2.01. The Labute approximate surface area is 87.0 Å². The molecule has 0 aromatic carbocycles. The van der Waals surface area contributed by atoms with Crippen molar-refractivity contribution in [3.8, 4) is 0 Å². The third-order valence-corrected chi connectivity index (χ3v) is 2.38. The Morgan fingerprint density at radius 1 is 1.54 bits per heavy atom. The molecule has 0 aromatic heterocycles. The van der Waals surface area contributed by atoms with Crippen LogP contribution in [0.15, 0.2) is 0 Å². The molecule has 1 aliphatic rings. The average molecular weight is 251 g/mol. The van der Waals surface area contributed by atoms with Crippen molar-refractivity contribution < 1.29 is 9.53 Å². The molecule has 1 fully saturated rings. The minimum absolute atomic E-state index is 0.0998. The van der Waals surface area contributed by atoms with Crippen molar-refractivity contribution in [1.82, 2.24) is 9.80 Å². The maximum Gasteiger partial charge on any atom is 0.319 e. The van der Waals surface area contributed by atoms with E-state index in [2.05, 4.69) is 15.9 Å². The fraction of sp³-hybridized carbons (Fsp3) is 0.875. The molecule has 0 aliphatic carbocycles. The van der Waals surface area contributed by atoms with Crippen molar-refractivity contribution in [1.29, 1.82) is 0 Å². The first-order valence-electron chi connectivity index (χ1n) is 4.39. The average Bonchev–Trinajstić information content (AvgIpc) is 2.18. The van der Waals surface area contributed by atoms with E-state index in [1.807, 2.05) is 11.9 Å². The quantitative estimate of drug-likeness (QED) is 0.679. The van der Waals surface area contributed by atoms with Gasteiger partial charge in [-0.05, 0) is 0 Å². The summed E-state index contributed by atoms with van der Waals surface area (Å²) in [4.78, 5) is 15.2. The van der Waals surface area contributed by atoms with Crippen LogP contribution in [-0.4, -0.2) is 61.1 Å². The van der Waals surface area contributed by atoms with Gasteiger partial charge >= 0.3 is 6.03 Å². The van der Waals surface area contributed by atoms with E-state index >= 15 is 0 Å². The summed E-state index contributed by atoms with van der Waals surface area (Å²) in [6.07, 6.45) is 0. The molecule has 1 aliphatic heterocycles. The van der Waals surface area contributed by atoms with Crippen LogP contribution in [0, 0.1) is 0 Å². The number of amides is 2. The molecule has 0 aromatic rings. The van der Waals surface area contributed by atoms with Gasteiger partial charge < -0.3 is 14.5 Å². The van der Waals surface area contributed by atoms with Gasteiger partial charge in [-0.3, -0.25) is 0 Å². The van der Waals surface area contributed by atoms with Crippen molar-refractivity contribution >= 4 is 22.0 Å². The molecule has 1 heterocycles. The number of alkyl halides is 1. The molecule has 0 unspecified atom stereocenters. The number of nitrogens with zero attached hydrogens (tertiary/aromatic N) is 2. The number of carbonyl (C=O) groups excluding carboxylic acids is 1. The molecule has 4 nitrogen and oxygen atoms in total. The summed E-state index contributed by atoms with van der Waals surface area (Å²) in [5.41, 5.74) is 0. The molecular formula is C8H15BrN2O2. The lowest BCUT2D eigenvalue weighted by molar-refractivity contribution is 0.0458. The van der Waals surface area contributed by atoms with Crippen LogP contribution in [0.4, 0.5) is 4.79 Å². The Hall–Kier alpha value is -0.290. The third kappa shape index (κ3) is 3.15. The van der Waals surface area contributed by atoms with Crippen molar-refractivity contribution in [3.05, 3.63) is 0 Å². The van der Waals surface area contributed by atoms with E-state index in [0.29, 0.717) is 26.3 Å². The molecule has 0 radical (unpaired) electrons. The molecule has 0 N–H and O–H groups in total. The molecule has 0 saturated carbocycles. The van der Waals surface area contributed by atoms with Gasteiger partial charge in [0.15, 0.2) is 0 Å². The summed E-state index contributed by atoms with van der Waals surface area (Å²) in [6, 6.07) is 0.0998. The Balaban J connectivity index is 2.36. The first-order chi connectivity index (χ1) is 6.25. The Morgan fingerprint density at radius 2 is 2.15 bits per heavy atom. The topological polar surface area (TPSA) is 32.8 Å². The van der Waals surface area contributed by atoms with Crippen LogP contribution in [0.5, 0.6) is 0 Å². The predicted octanol–water partition coefficient (Wildman–Crippen LogP) is 0.765. The van der Waals surface area contributed by atoms with Gasteiger partial charge in [0.25, 0.3) is 0 Å². The van der Waals surface area contributed by atoms with Crippen molar-refractivity contribution in [2.75, 3.05) is 45.2 Å². The molecule has 1 saturated heterocycles. The lowest BCUT2D eigenvalue weighted by Crippen LogP contribution is -2.47. The number of halogens is 1. The van der Waals surface area contributed by atoms with Gasteiger partial charge in [0.05, 0.1) is 13.2 Å². The third-order valence-electron chi connectivity index (χ3n) is 2.03.